The topological polar surface area (TPSA) is 72.1 Å². The summed E-state index contributed by atoms with van der Waals surface area (Å²) >= 11 is 0. The number of nitrogens with zero attached hydrogens (tertiary/aromatic N) is 4. The standard InChI is InChI=1S/C21H21FN4O2/c1-13-21(14(2)28-25-13)18-12-23-11-17(24-18)19-4-3-9-26(19)20(27)10-15-5-7-16(22)8-6-15/h5-8,11-12,19H,3-4,9-10H2,1-2H3/t19-/m0/s1. The molecule has 1 atom stereocenters. The number of carbonyl (C=O) groups excluding carboxylic acids is 1. The van der Waals surface area contributed by atoms with Crippen LogP contribution in [0, 0.1) is 19.7 Å². The Morgan fingerprint density at radius 1 is 1.25 bits per heavy atom. The fraction of sp³-hybridized carbons (Fsp3) is 0.333. The monoisotopic (exact) mass is 380 g/mol. The highest BCUT2D eigenvalue weighted by Gasteiger charge is 2.31. The van der Waals surface area contributed by atoms with Crippen LogP contribution in [0.15, 0.2) is 41.2 Å². The van der Waals surface area contributed by atoms with Crippen LogP contribution >= 0.6 is 0 Å². The molecule has 2 aromatic heterocycles. The molecule has 0 radical (unpaired) electrons. The molecule has 1 amide bonds. The van der Waals surface area contributed by atoms with Crippen LogP contribution in [-0.4, -0.2) is 32.5 Å². The quantitative estimate of drug-likeness (QED) is 0.689. The van der Waals surface area contributed by atoms with Gasteiger partial charge in [0.2, 0.25) is 5.91 Å². The Bertz CT molecular complexity index is 980. The van der Waals surface area contributed by atoms with E-state index in [1.54, 1.807) is 24.5 Å². The molecular weight excluding hydrogens is 359 g/mol. The molecule has 28 heavy (non-hydrogen) atoms. The number of rotatable bonds is 4. The number of carbonyl (C=O) groups is 1. The second-order valence-corrected chi connectivity index (χ2v) is 7.08. The average molecular weight is 380 g/mol. The molecule has 1 aliphatic heterocycles. The molecule has 1 aromatic carbocycles. The zero-order valence-corrected chi connectivity index (χ0v) is 15.9. The third-order valence-corrected chi connectivity index (χ3v) is 5.13. The lowest BCUT2D eigenvalue weighted by Gasteiger charge is -2.24. The molecule has 0 bridgehead atoms. The minimum absolute atomic E-state index is 0.0126. The minimum Gasteiger partial charge on any atom is -0.361 e. The van der Waals surface area contributed by atoms with Crippen LogP contribution in [0.2, 0.25) is 0 Å². The van der Waals surface area contributed by atoms with Crippen LogP contribution in [0.1, 0.15) is 41.6 Å². The summed E-state index contributed by atoms with van der Waals surface area (Å²) < 4.78 is 18.3. The minimum atomic E-state index is -0.304. The van der Waals surface area contributed by atoms with Gasteiger partial charge in [-0.2, -0.15) is 0 Å². The summed E-state index contributed by atoms with van der Waals surface area (Å²) in [7, 11) is 0. The number of aryl methyl sites for hydroxylation is 2. The first-order valence-electron chi connectivity index (χ1n) is 9.32. The Kier molecular flexibility index (Phi) is 4.90. The normalized spacial score (nSPS) is 16.5. The number of aromatic nitrogens is 3. The van der Waals surface area contributed by atoms with Crippen molar-refractivity contribution in [2.24, 2.45) is 0 Å². The molecule has 0 unspecified atom stereocenters. The molecule has 144 valence electrons. The van der Waals surface area contributed by atoms with Gasteiger partial charge in [0.25, 0.3) is 0 Å². The van der Waals surface area contributed by atoms with Crippen molar-refractivity contribution in [3.63, 3.8) is 0 Å². The first-order valence-corrected chi connectivity index (χ1v) is 9.32. The van der Waals surface area contributed by atoms with Crippen LogP contribution in [-0.2, 0) is 11.2 Å². The predicted molar refractivity (Wildman–Crippen MR) is 101 cm³/mol. The molecule has 0 saturated carbocycles. The van der Waals surface area contributed by atoms with Gasteiger partial charge in [0.1, 0.15) is 11.6 Å². The van der Waals surface area contributed by atoms with E-state index in [-0.39, 0.29) is 24.2 Å². The summed E-state index contributed by atoms with van der Waals surface area (Å²) in [5, 5.41) is 3.98. The summed E-state index contributed by atoms with van der Waals surface area (Å²) in [6.45, 7) is 4.40. The highest BCUT2D eigenvalue weighted by Crippen LogP contribution is 2.33. The zero-order chi connectivity index (χ0) is 19.7. The number of likely N-dealkylation sites (tertiary alicyclic amines) is 1. The Hall–Kier alpha value is -3.09. The number of benzene rings is 1. The summed E-state index contributed by atoms with van der Waals surface area (Å²) in [5.41, 5.74) is 3.87. The molecule has 3 aromatic rings. The largest absolute Gasteiger partial charge is 0.361 e. The van der Waals surface area contributed by atoms with Gasteiger partial charge >= 0.3 is 0 Å². The van der Waals surface area contributed by atoms with Gasteiger partial charge in [-0.15, -0.1) is 0 Å². The average Bonchev–Trinajstić information content (AvgIpc) is 3.30. The highest BCUT2D eigenvalue weighted by atomic mass is 19.1. The molecule has 0 aliphatic carbocycles. The smallest absolute Gasteiger partial charge is 0.227 e. The maximum Gasteiger partial charge on any atom is 0.227 e. The maximum absolute atomic E-state index is 13.1. The van der Waals surface area contributed by atoms with Gasteiger partial charge in [-0.3, -0.25) is 9.78 Å². The van der Waals surface area contributed by atoms with E-state index in [1.165, 1.54) is 12.1 Å². The Morgan fingerprint density at radius 3 is 2.75 bits per heavy atom. The van der Waals surface area contributed by atoms with Gasteiger partial charge in [0.15, 0.2) is 0 Å². The van der Waals surface area contributed by atoms with Crippen LogP contribution in [0.4, 0.5) is 4.39 Å². The van der Waals surface area contributed by atoms with E-state index < -0.39 is 0 Å². The fourth-order valence-electron chi connectivity index (χ4n) is 3.76. The number of halogens is 1. The Balaban J connectivity index is 1.57. The maximum atomic E-state index is 13.1. The molecule has 4 rings (SSSR count). The van der Waals surface area contributed by atoms with Crippen molar-refractivity contribution in [1.29, 1.82) is 0 Å². The van der Waals surface area contributed by atoms with Gasteiger partial charge in [0.05, 0.1) is 47.5 Å². The van der Waals surface area contributed by atoms with Gasteiger partial charge < -0.3 is 9.42 Å². The molecule has 3 heterocycles. The first-order chi connectivity index (χ1) is 13.5. The van der Waals surface area contributed by atoms with Crippen molar-refractivity contribution in [1.82, 2.24) is 20.0 Å². The first kappa shape index (κ1) is 18.3. The van der Waals surface area contributed by atoms with E-state index in [4.69, 9.17) is 9.51 Å². The highest BCUT2D eigenvalue weighted by molar-refractivity contribution is 5.79. The molecule has 6 nitrogen and oxygen atoms in total. The van der Waals surface area contributed by atoms with E-state index in [2.05, 4.69) is 10.1 Å². The predicted octanol–water partition coefficient (Wildman–Crippen LogP) is 3.79. The number of hydrogen-bond acceptors (Lipinski definition) is 5. The van der Waals surface area contributed by atoms with Crippen molar-refractivity contribution >= 4 is 5.91 Å². The summed E-state index contributed by atoms with van der Waals surface area (Å²) in [6.07, 6.45) is 5.41. The lowest BCUT2D eigenvalue weighted by atomic mass is 10.1. The number of amides is 1. The Labute approximate surface area is 162 Å². The Morgan fingerprint density at radius 2 is 2.04 bits per heavy atom. The molecule has 0 N–H and O–H groups in total. The van der Waals surface area contributed by atoms with E-state index in [0.717, 1.165) is 35.4 Å². The van der Waals surface area contributed by atoms with Crippen LogP contribution in [0.5, 0.6) is 0 Å². The van der Waals surface area contributed by atoms with Crippen molar-refractivity contribution in [3.8, 4) is 11.3 Å². The zero-order valence-electron chi connectivity index (χ0n) is 15.9. The lowest BCUT2D eigenvalue weighted by molar-refractivity contribution is -0.131. The second-order valence-electron chi connectivity index (χ2n) is 7.08. The second kappa shape index (κ2) is 7.50. The van der Waals surface area contributed by atoms with Crippen LogP contribution in [0.25, 0.3) is 11.3 Å². The molecule has 1 fully saturated rings. The SMILES string of the molecule is Cc1noc(C)c1-c1cncc([C@@H]2CCCN2C(=O)Cc2ccc(F)cc2)n1. The molecule has 1 aliphatic rings. The van der Waals surface area contributed by atoms with E-state index >= 15 is 0 Å². The molecule has 0 spiro atoms. The van der Waals surface area contributed by atoms with Crippen molar-refractivity contribution in [2.45, 2.75) is 39.2 Å². The van der Waals surface area contributed by atoms with Gasteiger partial charge in [-0.25, -0.2) is 9.37 Å². The molecule has 1 saturated heterocycles. The summed E-state index contributed by atoms with van der Waals surface area (Å²) in [5.74, 6) is 0.403. The van der Waals surface area contributed by atoms with Gasteiger partial charge in [0, 0.05) is 6.54 Å². The lowest BCUT2D eigenvalue weighted by Crippen LogP contribution is -2.32. The van der Waals surface area contributed by atoms with Crippen molar-refractivity contribution in [3.05, 3.63) is 65.2 Å². The number of hydrogen-bond donors (Lipinski definition) is 0. The third kappa shape index (κ3) is 3.52. The van der Waals surface area contributed by atoms with Gasteiger partial charge in [-0.1, -0.05) is 17.3 Å². The van der Waals surface area contributed by atoms with Gasteiger partial charge in [-0.05, 0) is 44.4 Å². The van der Waals surface area contributed by atoms with E-state index in [0.29, 0.717) is 18.0 Å². The summed E-state index contributed by atoms with van der Waals surface area (Å²) in [4.78, 5) is 23.8. The fourth-order valence-corrected chi connectivity index (χ4v) is 3.76. The molecule has 7 heteroatoms. The van der Waals surface area contributed by atoms with Crippen LogP contribution in [0.3, 0.4) is 0 Å². The van der Waals surface area contributed by atoms with E-state index in [9.17, 15) is 9.18 Å². The van der Waals surface area contributed by atoms with Crippen molar-refractivity contribution in [2.75, 3.05) is 6.54 Å². The third-order valence-electron chi connectivity index (χ3n) is 5.13. The van der Waals surface area contributed by atoms with Crippen molar-refractivity contribution < 1.29 is 13.7 Å². The summed E-state index contributed by atoms with van der Waals surface area (Å²) in [6, 6.07) is 5.94. The molecular formula is C21H21FN4O2. The van der Waals surface area contributed by atoms with Crippen LogP contribution < -0.4 is 0 Å². The van der Waals surface area contributed by atoms with E-state index in [1.807, 2.05) is 18.7 Å².